The van der Waals surface area contributed by atoms with Crippen molar-refractivity contribution in [2.75, 3.05) is 13.2 Å². The SMILES string of the molecule is C[C@@H]1CCc2sc(C(=O)NNS(=O)(=O)c3ccc4c(c3)OCCO4)cc2C1. The second-order valence-electron chi connectivity index (χ2n) is 6.77. The maximum absolute atomic E-state index is 12.5. The minimum atomic E-state index is -3.92. The van der Waals surface area contributed by atoms with Gasteiger partial charge in [-0.3, -0.25) is 10.2 Å². The fraction of sp³-hybridized carbons (Fsp3) is 0.389. The molecule has 1 amide bonds. The van der Waals surface area contributed by atoms with E-state index in [1.54, 1.807) is 6.07 Å². The molecule has 1 aromatic carbocycles. The molecule has 2 aliphatic rings. The molecule has 144 valence electrons. The number of thiophene rings is 1. The number of benzene rings is 1. The first-order valence-electron chi connectivity index (χ1n) is 8.76. The van der Waals surface area contributed by atoms with Crippen molar-refractivity contribution in [2.45, 2.75) is 31.1 Å². The van der Waals surface area contributed by atoms with E-state index in [2.05, 4.69) is 17.2 Å². The number of aryl methyl sites for hydroxylation is 1. The number of carbonyl (C=O) groups is 1. The summed E-state index contributed by atoms with van der Waals surface area (Å²) in [6, 6.07) is 6.20. The first kappa shape index (κ1) is 18.3. The van der Waals surface area contributed by atoms with Gasteiger partial charge in [0.2, 0.25) is 0 Å². The van der Waals surface area contributed by atoms with Crippen LogP contribution in [0.4, 0.5) is 0 Å². The molecule has 4 rings (SSSR count). The number of rotatable bonds is 4. The van der Waals surface area contributed by atoms with E-state index >= 15 is 0 Å². The van der Waals surface area contributed by atoms with Gasteiger partial charge in [0, 0.05) is 10.9 Å². The molecule has 1 aromatic heterocycles. The van der Waals surface area contributed by atoms with Crippen molar-refractivity contribution in [1.82, 2.24) is 10.3 Å². The lowest BCUT2D eigenvalue weighted by Crippen LogP contribution is -2.41. The molecule has 0 fully saturated rings. The molecule has 1 aliphatic carbocycles. The van der Waals surface area contributed by atoms with Crippen LogP contribution < -0.4 is 19.7 Å². The third-order valence-corrected chi connectivity index (χ3v) is 7.16. The Morgan fingerprint density at radius 2 is 1.96 bits per heavy atom. The number of nitrogens with one attached hydrogen (secondary N) is 2. The zero-order valence-electron chi connectivity index (χ0n) is 14.8. The summed E-state index contributed by atoms with van der Waals surface area (Å²) in [6.45, 7) is 2.99. The monoisotopic (exact) mass is 408 g/mol. The van der Waals surface area contributed by atoms with Crippen LogP contribution in [0.25, 0.3) is 0 Å². The molecule has 0 unspecified atom stereocenters. The number of carbonyl (C=O) groups excluding carboxylic acids is 1. The zero-order chi connectivity index (χ0) is 19.0. The third-order valence-electron chi connectivity index (χ3n) is 4.68. The third kappa shape index (κ3) is 3.80. The van der Waals surface area contributed by atoms with Gasteiger partial charge in [0.25, 0.3) is 15.9 Å². The van der Waals surface area contributed by atoms with Crippen LogP contribution in [0, 0.1) is 5.92 Å². The first-order chi connectivity index (χ1) is 12.9. The van der Waals surface area contributed by atoms with E-state index in [1.807, 2.05) is 6.07 Å². The Balaban J connectivity index is 1.45. The molecule has 0 bridgehead atoms. The summed E-state index contributed by atoms with van der Waals surface area (Å²) < 4.78 is 35.7. The van der Waals surface area contributed by atoms with Crippen molar-refractivity contribution >= 4 is 27.3 Å². The lowest BCUT2D eigenvalue weighted by Gasteiger charge is -2.18. The van der Waals surface area contributed by atoms with Crippen LogP contribution in [0.15, 0.2) is 29.2 Å². The number of fused-ring (bicyclic) bond motifs is 2. The van der Waals surface area contributed by atoms with Gasteiger partial charge in [-0.2, -0.15) is 0 Å². The van der Waals surface area contributed by atoms with Gasteiger partial charge in [0.05, 0.1) is 9.77 Å². The Labute approximate surface area is 161 Å². The van der Waals surface area contributed by atoms with E-state index in [0.717, 1.165) is 19.3 Å². The number of sulfonamides is 1. The van der Waals surface area contributed by atoms with E-state index in [4.69, 9.17) is 9.47 Å². The molecule has 0 saturated carbocycles. The predicted molar refractivity (Wildman–Crippen MR) is 101 cm³/mol. The Hall–Kier alpha value is -2.10. The van der Waals surface area contributed by atoms with Crippen LogP contribution in [0.1, 0.15) is 33.5 Å². The van der Waals surface area contributed by atoms with Crippen LogP contribution >= 0.6 is 11.3 Å². The van der Waals surface area contributed by atoms with Crippen LogP contribution in [-0.4, -0.2) is 27.5 Å². The van der Waals surface area contributed by atoms with E-state index in [0.29, 0.717) is 35.5 Å². The highest BCUT2D eigenvalue weighted by Gasteiger charge is 2.23. The maximum Gasteiger partial charge on any atom is 0.276 e. The molecule has 27 heavy (non-hydrogen) atoms. The number of hydrogen-bond donors (Lipinski definition) is 2. The molecule has 1 aliphatic heterocycles. The van der Waals surface area contributed by atoms with Crippen molar-refractivity contribution in [1.29, 1.82) is 0 Å². The summed E-state index contributed by atoms with van der Waals surface area (Å²) in [5, 5.41) is 0. The molecule has 0 spiro atoms. The van der Waals surface area contributed by atoms with Gasteiger partial charge in [0.1, 0.15) is 13.2 Å². The van der Waals surface area contributed by atoms with Crippen LogP contribution in [-0.2, 0) is 22.9 Å². The molecule has 0 saturated heterocycles. The number of hydrazine groups is 1. The van der Waals surface area contributed by atoms with Crippen LogP contribution in [0.2, 0.25) is 0 Å². The van der Waals surface area contributed by atoms with Gasteiger partial charge in [-0.15, -0.1) is 16.2 Å². The first-order valence-corrected chi connectivity index (χ1v) is 11.1. The van der Waals surface area contributed by atoms with Crippen molar-refractivity contribution in [3.05, 3.63) is 39.6 Å². The number of hydrogen-bond acceptors (Lipinski definition) is 6. The summed E-state index contributed by atoms with van der Waals surface area (Å²) in [4.78, 5) is 16.3. The van der Waals surface area contributed by atoms with E-state index < -0.39 is 15.9 Å². The van der Waals surface area contributed by atoms with Gasteiger partial charge < -0.3 is 9.47 Å². The number of ether oxygens (including phenoxy) is 2. The fourth-order valence-electron chi connectivity index (χ4n) is 3.24. The predicted octanol–water partition coefficient (Wildman–Crippen LogP) is 2.27. The Bertz CT molecular complexity index is 984. The maximum atomic E-state index is 12.5. The quantitative estimate of drug-likeness (QED) is 0.757. The minimum absolute atomic E-state index is 0.00801. The second-order valence-corrected chi connectivity index (χ2v) is 9.59. The molecule has 1 atom stereocenters. The highest BCUT2D eigenvalue weighted by atomic mass is 32.2. The Morgan fingerprint density at radius 3 is 2.78 bits per heavy atom. The smallest absolute Gasteiger partial charge is 0.276 e. The average molecular weight is 409 g/mol. The van der Waals surface area contributed by atoms with Crippen molar-refractivity contribution in [3.63, 3.8) is 0 Å². The minimum Gasteiger partial charge on any atom is -0.486 e. The molecule has 0 radical (unpaired) electrons. The highest BCUT2D eigenvalue weighted by Crippen LogP contribution is 2.33. The zero-order valence-corrected chi connectivity index (χ0v) is 16.4. The standard InChI is InChI=1S/C18H20N2O5S2/c1-11-2-5-16-12(8-11)9-17(26-16)18(21)19-20-27(22,23)13-3-4-14-15(10-13)25-7-6-24-14/h3-4,9-11,20H,2,5-8H2,1H3,(H,19,21)/t11-/m1/s1. The molecular formula is C18H20N2O5S2. The van der Waals surface area contributed by atoms with Gasteiger partial charge in [-0.25, -0.2) is 8.42 Å². The fourth-order valence-corrected chi connectivity index (χ4v) is 5.20. The van der Waals surface area contributed by atoms with Gasteiger partial charge in [0.15, 0.2) is 11.5 Å². The molecule has 2 heterocycles. The summed E-state index contributed by atoms with van der Waals surface area (Å²) in [6.07, 6.45) is 3.05. The molecular weight excluding hydrogens is 388 g/mol. The lowest BCUT2D eigenvalue weighted by molar-refractivity contribution is 0.0949. The molecule has 9 heteroatoms. The molecule has 2 aromatic rings. The van der Waals surface area contributed by atoms with Gasteiger partial charge in [-0.05, 0) is 48.9 Å². The van der Waals surface area contributed by atoms with E-state index in [1.165, 1.54) is 33.9 Å². The summed E-state index contributed by atoms with van der Waals surface area (Å²) in [7, 11) is -3.92. The lowest BCUT2D eigenvalue weighted by atomic mass is 9.90. The normalized spacial score (nSPS) is 18.6. The van der Waals surface area contributed by atoms with Crippen molar-refractivity contribution in [3.8, 4) is 11.5 Å². The summed E-state index contributed by atoms with van der Waals surface area (Å²) >= 11 is 1.43. The van der Waals surface area contributed by atoms with Gasteiger partial charge >= 0.3 is 0 Å². The van der Waals surface area contributed by atoms with Crippen LogP contribution in [0.3, 0.4) is 0 Å². The van der Waals surface area contributed by atoms with Gasteiger partial charge in [-0.1, -0.05) is 6.92 Å². The summed E-state index contributed by atoms with van der Waals surface area (Å²) in [5.74, 6) is 1.03. The topological polar surface area (TPSA) is 93.7 Å². The largest absolute Gasteiger partial charge is 0.486 e. The number of amides is 1. The van der Waals surface area contributed by atoms with E-state index in [9.17, 15) is 13.2 Å². The molecule has 7 nitrogen and oxygen atoms in total. The Morgan fingerprint density at radius 1 is 1.19 bits per heavy atom. The van der Waals surface area contributed by atoms with Crippen LogP contribution in [0.5, 0.6) is 11.5 Å². The van der Waals surface area contributed by atoms with Crippen molar-refractivity contribution < 1.29 is 22.7 Å². The van der Waals surface area contributed by atoms with E-state index in [-0.39, 0.29) is 4.90 Å². The second kappa shape index (κ2) is 7.14. The molecule has 2 N–H and O–H groups in total. The Kier molecular flexibility index (Phi) is 4.83. The highest BCUT2D eigenvalue weighted by molar-refractivity contribution is 7.89. The average Bonchev–Trinajstić information content (AvgIpc) is 3.09. The summed E-state index contributed by atoms with van der Waals surface area (Å²) in [5.41, 5.74) is 3.49. The van der Waals surface area contributed by atoms with Crippen molar-refractivity contribution in [2.24, 2.45) is 5.92 Å².